The molecule has 0 bridgehead atoms. The first kappa shape index (κ1) is 31.8. The summed E-state index contributed by atoms with van der Waals surface area (Å²) in [6.07, 6.45) is -0.761. The van der Waals surface area contributed by atoms with Crippen LogP contribution in [-0.2, 0) is 0 Å². The van der Waals surface area contributed by atoms with Gasteiger partial charge in [-0.1, -0.05) is 72.8 Å². The quantitative estimate of drug-likeness (QED) is 0.142. The van der Waals surface area contributed by atoms with Gasteiger partial charge in [0.15, 0.2) is 0 Å². The summed E-state index contributed by atoms with van der Waals surface area (Å²) < 4.78 is 24.6. The highest BCUT2D eigenvalue weighted by Gasteiger charge is 2.28. The molecule has 1 aliphatic rings. The minimum Gasteiger partial charge on any atom is -0.508 e. The van der Waals surface area contributed by atoms with Crippen LogP contribution in [0, 0.1) is 6.92 Å². The Kier molecular flexibility index (Phi) is 7.74. The molecular formula is C46H30O7. The number of phenolic OH excluding ortho intramolecular Hbond substituents is 1. The molecule has 0 atom stereocenters. The summed E-state index contributed by atoms with van der Waals surface area (Å²) in [6.45, 7) is 1.75. The first-order chi connectivity index (χ1) is 25.9. The first-order valence-corrected chi connectivity index (χ1v) is 17.1. The van der Waals surface area contributed by atoms with Crippen LogP contribution in [0.25, 0.3) is 43.4 Å². The zero-order valence-electron chi connectivity index (χ0n) is 28.4. The lowest BCUT2D eigenvalue weighted by molar-refractivity contribution is 0.00775. The number of hydrogen-bond donors (Lipinski definition) is 1. The molecule has 0 amide bonds. The van der Waals surface area contributed by atoms with Gasteiger partial charge in [-0.25, -0.2) is 9.59 Å². The number of aryl methyl sites for hydroxylation is 1. The van der Waals surface area contributed by atoms with Gasteiger partial charge in [-0.2, -0.15) is 0 Å². The van der Waals surface area contributed by atoms with E-state index in [2.05, 4.69) is 36.4 Å². The fraction of sp³-hybridized carbons (Fsp3) is 0.0435. The number of carbonyl (C=O) groups is 2. The maximum Gasteiger partial charge on any atom is 0.343 e. The Bertz CT molecular complexity index is 2660. The Morgan fingerprint density at radius 2 is 1.11 bits per heavy atom. The molecule has 0 saturated carbocycles. The number of rotatable bonds is 5. The Hall–Kier alpha value is -7.12. The van der Waals surface area contributed by atoms with E-state index in [4.69, 9.17) is 18.9 Å². The topological polar surface area (TPSA) is 91.3 Å². The second-order valence-electron chi connectivity index (χ2n) is 13.0. The third kappa shape index (κ3) is 5.94. The summed E-state index contributed by atoms with van der Waals surface area (Å²) in [5, 5.41) is 15.7. The number of hydrogen-bond acceptors (Lipinski definition) is 7. The first-order valence-electron chi connectivity index (χ1n) is 17.1. The van der Waals surface area contributed by atoms with Crippen molar-refractivity contribution in [1.29, 1.82) is 0 Å². The van der Waals surface area contributed by atoms with Crippen molar-refractivity contribution >= 4 is 44.3 Å². The van der Waals surface area contributed by atoms with Crippen molar-refractivity contribution < 1.29 is 33.6 Å². The summed E-state index contributed by atoms with van der Waals surface area (Å²) in [4.78, 5) is 26.2. The minimum absolute atomic E-state index is 0.152. The van der Waals surface area contributed by atoms with Crippen molar-refractivity contribution in [3.8, 4) is 39.9 Å². The van der Waals surface area contributed by atoms with Crippen LogP contribution in [-0.4, -0.2) is 17.0 Å². The predicted molar refractivity (Wildman–Crippen MR) is 204 cm³/mol. The van der Waals surface area contributed by atoms with Gasteiger partial charge in [0.2, 0.25) is 0 Å². The molecule has 8 aromatic carbocycles. The lowest BCUT2D eigenvalue weighted by atomic mass is 9.92. The molecule has 0 fully saturated rings. The van der Waals surface area contributed by atoms with Gasteiger partial charge in [0.05, 0.1) is 11.1 Å². The normalized spacial score (nSPS) is 12.3. The van der Waals surface area contributed by atoms with E-state index in [0.29, 0.717) is 39.7 Å². The van der Waals surface area contributed by atoms with Gasteiger partial charge in [0.1, 0.15) is 28.7 Å². The number of fused-ring (bicyclic) bond motifs is 8. The van der Waals surface area contributed by atoms with Crippen molar-refractivity contribution in [2.45, 2.75) is 13.2 Å². The molecule has 1 heterocycles. The maximum atomic E-state index is 13.3. The Morgan fingerprint density at radius 1 is 0.547 bits per heavy atom. The van der Waals surface area contributed by atoms with Crippen LogP contribution in [0.15, 0.2) is 152 Å². The van der Waals surface area contributed by atoms with E-state index >= 15 is 0 Å². The molecule has 7 nitrogen and oxygen atoms in total. The fourth-order valence-electron chi connectivity index (χ4n) is 6.92. The molecule has 0 aliphatic carbocycles. The van der Waals surface area contributed by atoms with Crippen molar-refractivity contribution in [3.05, 3.63) is 174 Å². The summed E-state index contributed by atoms with van der Waals surface area (Å²) in [5.74, 6) is 1.14. The van der Waals surface area contributed by atoms with Crippen molar-refractivity contribution in [1.82, 2.24) is 0 Å². The summed E-state index contributed by atoms with van der Waals surface area (Å²) >= 11 is 0. The molecule has 0 unspecified atom stereocenters. The molecule has 0 saturated heterocycles. The summed E-state index contributed by atoms with van der Waals surface area (Å²) in [6, 6.07) is 46.5. The molecule has 1 N–H and O–H groups in total. The van der Waals surface area contributed by atoms with Gasteiger partial charge in [-0.3, -0.25) is 0 Å². The molecule has 0 aromatic heterocycles. The van der Waals surface area contributed by atoms with E-state index in [1.54, 1.807) is 73.7 Å². The van der Waals surface area contributed by atoms with Crippen molar-refractivity contribution in [3.63, 3.8) is 0 Å². The SMILES string of the molecule is Cc1cc(OC(=O)c2ccc3cc(O)ccc3c2)ccc1C(=O)Oc1ccc(C2Oc3ccc4ccccc4c3-c3c(ccc4ccccc34)O2)cc1. The number of phenols is 1. The lowest BCUT2D eigenvalue weighted by Gasteiger charge is -2.19. The average Bonchev–Trinajstić information content (AvgIpc) is 3.35. The van der Waals surface area contributed by atoms with Gasteiger partial charge >= 0.3 is 11.9 Å². The van der Waals surface area contributed by atoms with E-state index in [-0.39, 0.29) is 5.75 Å². The summed E-state index contributed by atoms with van der Waals surface area (Å²) in [5.41, 5.74) is 4.00. The van der Waals surface area contributed by atoms with Crippen LogP contribution in [0.1, 0.15) is 38.1 Å². The molecule has 1 aliphatic heterocycles. The van der Waals surface area contributed by atoms with E-state index in [9.17, 15) is 14.7 Å². The molecule has 9 rings (SSSR count). The minimum atomic E-state index is -0.761. The largest absolute Gasteiger partial charge is 0.508 e. The van der Waals surface area contributed by atoms with Gasteiger partial charge in [-0.15, -0.1) is 0 Å². The van der Waals surface area contributed by atoms with Crippen molar-refractivity contribution in [2.24, 2.45) is 0 Å². The molecular weight excluding hydrogens is 664 g/mol. The standard InChI is InChI=1S/C46H30O7/c1-27-24-36(51-44(48)33-11-10-32-26-34(47)17-12-31(32)25-33)20-21-37(27)45(49)50-35-18-13-30(14-19-35)46-52-40-22-15-28-6-2-4-8-38(28)42(40)43-39-9-5-3-7-29(39)16-23-41(43)53-46/h2-26,46-47H,1H3. The van der Waals surface area contributed by atoms with E-state index < -0.39 is 18.2 Å². The number of aromatic hydroxyl groups is 1. The lowest BCUT2D eigenvalue weighted by Crippen LogP contribution is -2.14. The van der Waals surface area contributed by atoms with E-state index in [1.807, 2.05) is 48.5 Å². The molecule has 0 spiro atoms. The predicted octanol–water partition coefficient (Wildman–Crippen LogP) is 10.7. The number of esters is 2. The molecule has 0 radical (unpaired) electrons. The molecule has 53 heavy (non-hydrogen) atoms. The fourth-order valence-corrected chi connectivity index (χ4v) is 6.92. The Morgan fingerprint density at radius 3 is 1.77 bits per heavy atom. The number of benzene rings is 8. The van der Waals surface area contributed by atoms with Crippen LogP contribution in [0.5, 0.6) is 28.7 Å². The highest BCUT2D eigenvalue weighted by Crippen LogP contribution is 2.49. The third-order valence-electron chi connectivity index (χ3n) is 9.55. The molecule has 7 heteroatoms. The van der Waals surface area contributed by atoms with Gasteiger partial charge in [0, 0.05) is 16.7 Å². The van der Waals surface area contributed by atoms with E-state index in [1.165, 1.54) is 0 Å². The van der Waals surface area contributed by atoms with Gasteiger partial charge in [-0.05, 0) is 124 Å². The van der Waals surface area contributed by atoms with Crippen LogP contribution in [0.3, 0.4) is 0 Å². The van der Waals surface area contributed by atoms with Gasteiger partial charge < -0.3 is 24.1 Å². The maximum absolute atomic E-state index is 13.3. The third-order valence-corrected chi connectivity index (χ3v) is 9.55. The van der Waals surface area contributed by atoms with Crippen LogP contribution in [0.4, 0.5) is 0 Å². The smallest absolute Gasteiger partial charge is 0.343 e. The van der Waals surface area contributed by atoms with Crippen LogP contribution < -0.4 is 18.9 Å². The van der Waals surface area contributed by atoms with Crippen molar-refractivity contribution in [2.75, 3.05) is 0 Å². The van der Waals surface area contributed by atoms with Crippen LogP contribution >= 0.6 is 0 Å². The number of carbonyl (C=O) groups excluding carboxylic acids is 2. The second-order valence-corrected chi connectivity index (χ2v) is 13.0. The second kappa shape index (κ2) is 12.9. The van der Waals surface area contributed by atoms with Gasteiger partial charge in [0.25, 0.3) is 6.29 Å². The van der Waals surface area contributed by atoms with Crippen LogP contribution in [0.2, 0.25) is 0 Å². The highest BCUT2D eigenvalue weighted by atomic mass is 16.7. The Labute approximate surface area is 304 Å². The molecule has 8 aromatic rings. The zero-order chi connectivity index (χ0) is 36.1. The Balaban J connectivity index is 0.936. The highest BCUT2D eigenvalue weighted by molar-refractivity contribution is 6.10. The monoisotopic (exact) mass is 694 g/mol. The summed E-state index contributed by atoms with van der Waals surface area (Å²) in [7, 11) is 0. The number of ether oxygens (including phenoxy) is 4. The zero-order valence-corrected chi connectivity index (χ0v) is 28.4. The average molecular weight is 695 g/mol. The molecule has 256 valence electrons. The van der Waals surface area contributed by atoms with E-state index in [0.717, 1.165) is 49.0 Å².